The fourth-order valence-corrected chi connectivity index (χ4v) is 3.91. The van der Waals surface area contributed by atoms with Gasteiger partial charge in [-0.25, -0.2) is 9.97 Å². The molecule has 30 heavy (non-hydrogen) atoms. The summed E-state index contributed by atoms with van der Waals surface area (Å²) in [7, 11) is 0. The molecule has 4 aromatic rings. The molecule has 0 saturated heterocycles. The first-order chi connectivity index (χ1) is 14.1. The minimum atomic E-state index is -4.72. The Morgan fingerprint density at radius 3 is 2.60 bits per heavy atom. The minimum absolute atomic E-state index is 0.0356. The zero-order valence-corrected chi connectivity index (χ0v) is 16.2. The van der Waals surface area contributed by atoms with Crippen LogP contribution >= 0.6 is 11.3 Å². The topological polar surface area (TPSA) is 120 Å². The molecule has 3 aromatic heterocycles. The molecule has 0 saturated carbocycles. The van der Waals surface area contributed by atoms with Gasteiger partial charge in [-0.05, 0) is 24.6 Å². The molecule has 7 nitrogen and oxygen atoms in total. The van der Waals surface area contributed by atoms with E-state index >= 15 is 0 Å². The number of phenols is 1. The summed E-state index contributed by atoms with van der Waals surface area (Å²) in [6.07, 6.45) is -0.291. The number of nitrogens with zero attached hydrogens (tertiary/aromatic N) is 3. The number of carbonyl (C=O) groups is 1. The Bertz CT molecular complexity index is 1300. The molecule has 3 heterocycles. The maximum Gasteiger partial charge on any atom is 0.417 e. The molecule has 1 aromatic carbocycles. The van der Waals surface area contributed by atoms with E-state index in [1.807, 2.05) is 0 Å². The summed E-state index contributed by atoms with van der Waals surface area (Å²) >= 11 is 1.30. The number of nitrogens with two attached hydrogens (primary N) is 2. The fraction of sp³-hybridized carbons (Fsp3) is 0.105. The van der Waals surface area contributed by atoms with E-state index < -0.39 is 17.6 Å². The fourth-order valence-electron chi connectivity index (χ4n) is 3.32. The van der Waals surface area contributed by atoms with Crippen molar-refractivity contribution < 1.29 is 23.1 Å². The van der Waals surface area contributed by atoms with E-state index in [4.69, 9.17) is 11.5 Å². The van der Waals surface area contributed by atoms with Crippen molar-refractivity contribution in [2.75, 3.05) is 5.73 Å². The zero-order chi connectivity index (χ0) is 21.8. The second-order valence-electron chi connectivity index (χ2n) is 6.52. The molecule has 11 heteroatoms. The van der Waals surface area contributed by atoms with Crippen LogP contribution < -0.4 is 11.5 Å². The van der Waals surface area contributed by atoms with E-state index in [1.165, 1.54) is 35.1 Å². The molecule has 4 rings (SSSR count). The highest BCUT2D eigenvalue weighted by molar-refractivity contribution is 7.13. The van der Waals surface area contributed by atoms with E-state index in [0.29, 0.717) is 10.7 Å². The van der Waals surface area contributed by atoms with Gasteiger partial charge in [0.2, 0.25) is 0 Å². The first kappa shape index (κ1) is 19.7. The van der Waals surface area contributed by atoms with Gasteiger partial charge in [-0.15, -0.1) is 11.3 Å². The molecule has 0 bridgehead atoms. The first-order valence-corrected chi connectivity index (χ1v) is 9.38. The minimum Gasteiger partial charge on any atom is -0.508 e. The van der Waals surface area contributed by atoms with Gasteiger partial charge in [0.15, 0.2) is 5.65 Å². The molecule has 154 valence electrons. The van der Waals surface area contributed by atoms with Crippen LogP contribution in [0.25, 0.3) is 27.5 Å². The molecule has 0 atom stereocenters. The molecule has 0 spiro atoms. The number of halogens is 3. The number of pyridine rings is 1. The normalized spacial score (nSPS) is 11.9. The van der Waals surface area contributed by atoms with Crippen LogP contribution in [0.3, 0.4) is 0 Å². The summed E-state index contributed by atoms with van der Waals surface area (Å²) in [5.74, 6) is -1.28. The summed E-state index contributed by atoms with van der Waals surface area (Å²) in [6, 6.07) is 1.73. The number of nitrogen functional groups attached to an aromatic ring is 1. The van der Waals surface area contributed by atoms with Crippen LogP contribution in [-0.2, 0) is 6.18 Å². The molecule has 0 radical (unpaired) electrons. The van der Waals surface area contributed by atoms with Gasteiger partial charge in [0.05, 0.1) is 11.3 Å². The SMILES string of the molecule is Cc1c(O)ccc(C(F)(F)F)c1-c1cn2cc(-c3nccs3)nc2c(C(N)=O)c1N. The maximum atomic E-state index is 13.7. The van der Waals surface area contributed by atoms with Gasteiger partial charge >= 0.3 is 6.18 Å². The second kappa shape index (κ2) is 6.73. The lowest BCUT2D eigenvalue weighted by atomic mass is 9.92. The zero-order valence-electron chi connectivity index (χ0n) is 15.4. The lowest BCUT2D eigenvalue weighted by Gasteiger charge is -2.19. The van der Waals surface area contributed by atoms with Crippen molar-refractivity contribution in [3.05, 3.63) is 52.8 Å². The van der Waals surface area contributed by atoms with E-state index in [9.17, 15) is 23.1 Å². The standard InChI is InChI=1S/C19H14F3N5O2S/c1-8-12(28)3-2-10(19(20,21)22)13(8)9-6-27-7-11(18-25-4-5-30-18)26-17(27)14(15(9)23)16(24)29/h2-7,28H,23H2,1H3,(H2,24,29). The van der Waals surface area contributed by atoms with Crippen molar-refractivity contribution in [2.45, 2.75) is 13.1 Å². The third kappa shape index (κ3) is 3.03. The Kier molecular flexibility index (Phi) is 4.42. The largest absolute Gasteiger partial charge is 0.508 e. The van der Waals surface area contributed by atoms with Crippen LogP contribution in [-0.4, -0.2) is 25.4 Å². The Morgan fingerprint density at radius 1 is 1.27 bits per heavy atom. The third-order valence-corrected chi connectivity index (χ3v) is 5.49. The highest BCUT2D eigenvalue weighted by Gasteiger charge is 2.36. The number of hydrogen-bond donors (Lipinski definition) is 3. The Morgan fingerprint density at radius 2 is 2.00 bits per heavy atom. The number of fused-ring (bicyclic) bond motifs is 1. The average molecular weight is 433 g/mol. The number of phenolic OH excluding ortho intramolecular Hbond substituents is 1. The van der Waals surface area contributed by atoms with Crippen molar-refractivity contribution in [3.63, 3.8) is 0 Å². The number of benzene rings is 1. The van der Waals surface area contributed by atoms with Crippen molar-refractivity contribution in [3.8, 4) is 27.6 Å². The van der Waals surface area contributed by atoms with Gasteiger partial charge in [-0.3, -0.25) is 4.79 Å². The van der Waals surface area contributed by atoms with Gasteiger partial charge in [-0.1, -0.05) is 0 Å². The molecule has 0 aliphatic carbocycles. The number of aromatic hydroxyl groups is 1. The number of amides is 1. The summed E-state index contributed by atoms with van der Waals surface area (Å²) in [5, 5.41) is 12.3. The number of rotatable bonds is 3. The molecular formula is C19H14F3N5O2S. The number of anilines is 1. The summed E-state index contributed by atoms with van der Waals surface area (Å²) < 4.78 is 42.5. The predicted molar refractivity (Wildman–Crippen MR) is 106 cm³/mol. The van der Waals surface area contributed by atoms with Gasteiger partial charge < -0.3 is 21.0 Å². The van der Waals surface area contributed by atoms with Gasteiger partial charge in [-0.2, -0.15) is 13.2 Å². The number of aromatic nitrogens is 3. The number of primary amides is 1. The molecule has 0 aliphatic heterocycles. The van der Waals surface area contributed by atoms with Gasteiger partial charge in [0.1, 0.15) is 22.0 Å². The Hall–Kier alpha value is -3.60. The number of imidazole rings is 1. The van der Waals surface area contributed by atoms with Crippen LogP contribution in [0.2, 0.25) is 0 Å². The summed E-state index contributed by atoms with van der Waals surface area (Å²) in [6.45, 7) is 1.34. The molecule has 0 aliphatic rings. The van der Waals surface area contributed by atoms with Crippen LogP contribution in [0.5, 0.6) is 5.75 Å². The lowest BCUT2D eigenvalue weighted by molar-refractivity contribution is -0.137. The van der Waals surface area contributed by atoms with Gasteiger partial charge in [0.25, 0.3) is 5.91 Å². The van der Waals surface area contributed by atoms with E-state index in [1.54, 1.807) is 11.6 Å². The summed E-state index contributed by atoms with van der Waals surface area (Å²) in [5.41, 5.74) is 10.2. The quantitative estimate of drug-likeness (QED) is 0.454. The lowest BCUT2D eigenvalue weighted by Crippen LogP contribution is -2.17. The van der Waals surface area contributed by atoms with Crippen LogP contribution in [0.1, 0.15) is 21.5 Å². The second-order valence-corrected chi connectivity index (χ2v) is 7.41. The predicted octanol–water partition coefficient (Wildman–Crippen LogP) is 3.84. The van der Waals surface area contributed by atoms with Crippen molar-refractivity contribution >= 4 is 28.6 Å². The number of thiazole rings is 1. The molecule has 5 N–H and O–H groups in total. The van der Waals surface area contributed by atoms with Crippen LogP contribution in [0.4, 0.5) is 18.9 Å². The molecule has 1 amide bonds. The summed E-state index contributed by atoms with van der Waals surface area (Å²) in [4.78, 5) is 20.6. The monoisotopic (exact) mass is 433 g/mol. The van der Waals surface area contributed by atoms with E-state index in [-0.39, 0.29) is 39.3 Å². The van der Waals surface area contributed by atoms with Crippen LogP contribution in [0.15, 0.2) is 36.1 Å². The van der Waals surface area contributed by atoms with Crippen molar-refractivity contribution in [1.82, 2.24) is 14.4 Å². The number of carbonyl (C=O) groups excluding carboxylic acids is 1. The molecule has 0 unspecified atom stereocenters. The molecular weight excluding hydrogens is 419 g/mol. The Balaban J connectivity index is 2.10. The smallest absolute Gasteiger partial charge is 0.417 e. The van der Waals surface area contributed by atoms with E-state index in [0.717, 1.165) is 12.1 Å². The highest BCUT2D eigenvalue weighted by atomic mass is 32.1. The Labute approximate surface area is 171 Å². The average Bonchev–Trinajstić information content (AvgIpc) is 3.31. The van der Waals surface area contributed by atoms with Crippen LogP contribution in [0, 0.1) is 6.92 Å². The highest BCUT2D eigenvalue weighted by Crippen LogP contribution is 2.44. The van der Waals surface area contributed by atoms with Crippen molar-refractivity contribution in [2.24, 2.45) is 5.73 Å². The van der Waals surface area contributed by atoms with E-state index in [2.05, 4.69) is 9.97 Å². The molecule has 0 fully saturated rings. The number of hydrogen-bond acceptors (Lipinski definition) is 6. The first-order valence-electron chi connectivity index (χ1n) is 8.50. The van der Waals surface area contributed by atoms with Gasteiger partial charge in [0, 0.05) is 35.1 Å². The van der Waals surface area contributed by atoms with Crippen molar-refractivity contribution in [1.29, 1.82) is 0 Å². The third-order valence-electron chi connectivity index (χ3n) is 4.69. The maximum absolute atomic E-state index is 13.7. The number of alkyl halides is 3.